The van der Waals surface area contributed by atoms with Crippen molar-refractivity contribution in [1.82, 2.24) is 14.8 Å². The average Bonchev–Trinajstić information content (AvgIpc) is 3.01. The molecule has 0 unspecified atom stereocenters. The van der Waals surface area contributed by atoms with Crippen molar-refractivity contribution in [3.63, 3.8) is 0 Å². The molecule has 1 saturated carbocycles. The minimum absolute atomic E-state index is 0.0898. The Morgan fingerprint density at radius 1 is 1.00 bits per heavy atom. The number of fused-ring (bicyclic) bond motifs is 1. The number of carbonyl (C=O) groups excluding carboxylic acids is 1. The van der Waals surface area contributed by atoms with Gasteiger partial charge in [-0.25, -0.2) is 9.78 Å². The maximum Gasteiger partial charge on any atom is 0.321 e. The molecule has 1 aromatic heterocycles. The van der Waals surface area contributed by atoms with Crippen LogP contribution in [0, 0.1) is 11.3 Å². The number of carbonyl (C=O) groups is 1. The number of aromatic nitrogens is 1. The van der Waals surface area contributed by atoms with Gasteiger partial charge in [0, 0.05) is 32.2 Å². The zero-order valence-corrected chi connectivity index (χ0v) is 18.6. The van der Waals surface area contributed by atoms with Crippen LogP contribution in [0.4, 0.5) is 10.5 Å². The number of hydrogen-bond donors (Lipinski definition) is 1. The quantitative estimate of drug-likeness (QED) is 0.789. The number of nitrogens with zero attached hydrogens (tertiary/aromatic N) is 4. The van der Waals surface area contributed by atoms with E-state index in [0.717, 1.165) is 32.0 Å². The Morgan fingerprint density at radius 3 is 2.44 bits per heavy atom. The van der Waals surface area contributed by atoms with E-state index in [4.69, 9.17) is 5.26 Å². The number of amides is 2. The number of piperidine rings is 1. The van der Waals surface area contributed by atoms with Crippen LogP contribution in [0.15, 0.2) is 36.5 Å². The van der Waals surface area contributed by atoms with E-state index in [-0.39, 0.29) is 6.03 Å². The molecule has 166 valence electrons. The lowest BCUT2D eigenvalue weighted by Gasteiger charge is -2.36. The molecule has 5 rings (SSSR count). The molecule has 1 saturated heterocycles. The zero-order chi connectivity index (χ0) is 21.9. The first-order valence-corrected chi connectivity index (χ1v) is 12.0. The summed E-state index contributed by atoms with van der Waals surface area (Å²) in [6.45, 7) is 3.92. The van der Waals surface area contributed by atoms with Gasteiger partial charge in [-0.1, -0.05) is 24.6 Å². The fourth-order valence-corrected chi connectivity index (χ4v) is 5.29. The first kappa shape index (κ1) is 21.0. The number of anilines is 1. The molecule has 6 nitrogen and oxygen atoms in total. The van der Waals surface area contributed by atoms with Gasteiger partial charge >= 0.3 is 6.03 Å². The molecule has 1 aliphatic carbocycles. The van der Waals surface area contributed by atoms with E-state index in [1.54, 1.807) is 12.1 Å². The summed E-state index contributed by atoms with van der Waals surface area (Å²) in [5.74, 6) is 0.520. The fourth-order valence-electron chi connectivity index (χ4n) is 5.29. The largest absolute Gasteiger partial charge is 0.324 e. The third-order valence-electron chi connectivity index (χ3n) is 7.54. The van der Waals surface area contributed by atoms with Crippen LogP contribution < -0.4 is 5.32 Å². The van der Waals surface area contributed by atoms with Crippen molar-refractivity contribution < 1.29 is 4.79 Å². The van der Waals surface area contributed by atoms with Gasteiger partial charge in [0.2, 0.25) is 0 Å². The van der Waals surface area contributed by atoms with E-state index < -0.39 is 0 Å². The topological polar surface area (TPSA) is 72.3 Å². The molecule has 1 aromatic carbocycles. The number of nitrogens with one attached hydrogen (secondary N) is 1. The minimum atomic E-state index is -0.0898. The summed E-state index contributed by atoms with van der Waals surface area (Å²) in [4.78, 5) is 21.2. The summed E-state index contributed by atoms with van der Waals surface area (Å²) in [6, 6.07) is 13.2. The van der Waals surface area contributed by atoms with Crippen LogP contribution in [-0.2, 0) is 12.8 Å². The lowest BCUT2D eigenvalue weighted by molar-refractivity contribution is 0.133. The van der Waals surface area contributed by atoms with Gasteiger partial charge in [-0.3, -0.25) is 4.90 Å². The normalized spacial score (nSPS) is 20.0. The Morgan fingerprint density at radius 2 is 1.78 bits per heavy atom. The number of benzene rings is 1. The highest BCUT2D eigenvalue weighted by Gasteiger charge is 2.28. The van der Waals surface area contributed by atoms with Crippen molar-refractivity contribution >= 4 is 11.7 Å². The Kier molecular flexibility index (Phi) is 6.09. The monoisotopic (exact) mass is 429 g/mol. The molecule has 2 aromatic rings. The van der Waals surface area contributed by atoms with Crippen LogP contribution in [0.3, 0.4) is 0 Å². The highest BCUT2D eigenvalue weighted by atomic mass is 16.2. The third kappa shape index (κ3) is 4.49. The smallest absolute Gasteiger partial charge is 0.321 e. The molecule has 0 radical (unpaired) electrons. The Labute approximate surface area is 190 Å². The predicted octanol–water partition coefficient (Wildman–Crippen LogP) is 4.32. The van der Waals surface area contributed by atoms with Gasteiger partial charge in [0.15, 0.2) is 0 Å². The van der Waals surface area contributed by atoms with Crippen molar-refractivity contribution in [2.45, 2.75) is 56.9 Å². The van der Waals surface area contributed by atoms with E-state index >= 15 is 0 Å². The number of pyridine rings is 1. The average molecular weight is 430 g/mol. The second-order valence-electron chi connectivity index (χ2n) is 9.38. The molecule has 6 heteroatoms. The van der Waals surface area contributed by atoms with Crippen LogP contribution in [0.5, 0.6) is 0 Å². The summed E-state index contributed by atoms with van der Waals surface area (Å²) in [5.41, 5.74) is 5.48. The van der Waals surface area contributed by atoms with Crippen molar-refractivity contribution in [3.8, 4) is 6.07 Å². The predicted molar refractivity (Wildman–Crippen MR) is 125 cm³/mol. The third-order valence-corrected chi connectivity index (χ3v) is 7.54. The molecular formula is C26H31N5O. The van der Waals surface area contributed by atoms with E-state index in [0.29, 0.717) is 17.3 Å². The van der Waals surface area contributed by atoms with Crippen LogP contribution in [0.2, 0.25) is 0 Å². The number of likely N-dealkylation sites (tertiary alicyclic amines) is 1. The molecule has 0 atom stereocenters. The standard InChI is InChI=1S/C26H31N5O/c27-17-23-6-7-24(18-28-23)29-26(32)31-14-9-20(10-15-31)21-5-4-19-8-12-30(25-2-1-3-25)13-11-22(19)16-21/h4-7,16,18,20,25H,1-3,8-15H2,(H,29,32). The van der Waals surface area contributed by atoms with Gasteiger partial charge in [-0.15, -0.1) is 0 Å². The summed E-state index contributed by atoms with van der Waals surface area (Å²) < 4.78 is 0. The second kappa shape index (κ2) is 9.30. The lowest BCUT2D eigenvalue weighted by Crippen LogP contribution is -2.41. The van der Waals surface area contributed by atoms with Gasteiger partial charge in [-0.2, -0.15) is 5.26 Å². The fraction of sp³-hybridized carbons (Fsp3) is 0.500. The molecule has 2 aliphatic heterocycles. The number of urea groups is 1. The summed E-state index contributed by atoms with van der Waals surface area (Å²) >= 11 is 0. The second-order valence-corrected chi connectivity index (χ2v) is 9.38. The van der Waals surface area contributed by atoms with Gasteiger partial charge in [0.25, 0.3) is 0 Å². The minimum Gasteiger partial charge on any atom is -0.324 e. The number of nitriles is 1. The van der Waals surface area contributed by atoms with Crippen molar-refractivity contribution in [1.29, 1.82) is 5.26 Å². The Balaban J connectivity index is 1.16. The van der Waals surface area contributed by atoms with Gasteiger partial charge in [0.05, 0.1) is 11.9 Å². The first-order chi connectivity index (χ1) is 15.7. The Hall–Kier alpha value is -2.91. The van der Waals surface area contributed by atoms with E-state index in [2.05, 4.69) is 33.4 Å². The van der Waals surface area contributed by atoms with Crippen molar-refractivity contribution in [2.24, 2.45) is 0 Å². The summed E-state index contributed by atoms with van der Waals surface area (Å²) in [5, 5.41) is 11.7. The summed E-state index contributed by atoms with van der Waals surface area (Å²) in [7, 11) is 0. The van der Waals surface area contributed by atoms with Crippen LogP contribution in [-0.4, -0.2) is 53.0 Å². The van der Waals surface area contributed by atoms with Crippen molar-refractivity contribution in [2.75, 3.05) is 31.5 Å². The van der Waals surface area contributed by atoms with Crippen LogP contribution in [0.1, 0.15) is 60.4 Å². The maximum absolute atomic E-state index is 12.6. The maximum atomic E-state index is 12.6. The van der Waals surface area contributed by atoms with Gasteiger partial charge < -0.3 is 10.2 Å². The highest BCUT2D eigenvalue weighted by molar-refractivity contribution is 5.89. The Bertz CT molecular complexity index is 1000. The molecule has 3 aliphatic rings. The van der Waals surface area contributed by atoms with E-state index in [9.17, 15) is 4.79 Å². The molecular weight excluding hydrogens is 398 g/mol. The van der Waals surface area contributed by atoms with Crippen molar-refractivity contribution in [3.05, 3.63) is 58.9 Å². The lowest BCUT2D eigenvalue weighted by atomic mass is 9.87. The van der Waals surface area contributed by atoms with Crippen LogP contribution >= 0.6 is 0 Å². The molecule has 3 heterocycles. The molecule has 32 heavy (non-hydrogen) atoms. The van der Waals surface area contributed by atoms with Gasteiger partial charge in [-0.05, 0) is 73.3 Å². The highest BCUT2D eigenvalue weighted by Crippen LogP contribution is 2.32. The molecule has 2 amide bonds. The molecule has 0 spiro atoms. The molecule has 2 fully saturated rings. The van der Waals surface area contributed by atoms with E-state index in [1.807, 2.05) is 11.0 Å². The molecule has 1 N–H and O–H groups in total. The molecule has 0 bridgehead atoms. The van der Waals surface area contributed by atoms with E-state index in [1.165, 1.54) is 68.1 Å². The first-order valence-electron chi connectivity index (χ1n) is 12.0. The number of rotatable bonds is 3. The van der Waals surface area contributed by atoms with Crippen LogP contribution in [0.25, 0.3) is 0 Å². The van der Waals surface area contributed by atoms with Gasteiger partial charge in [0.1, 0.15) is 11.8 Å². The number of hydrogen-bond acceptors (Lipinski definition) is 4. The zero-order valence-electron chi connectivity index (χ0n) is 18.6. The SMILES string of the molecule is N#Cc1ccc(NC(=O)N2CCC(c3ccc4c(c3)CCN(C3CCC3)CC4)CC2)cn1. The summed E-state index contributed by atoms with van der Waals surface area (Å²) in [6.07, 6.45) is 10.0.